The van der Waals surface area contributed by atoms with Gasteiger partial charge in [0.25, 0.3) is 0 Å². The molecule has 0 aromatic carbocycles. The average molecular weight is 303 g/mol. The Morgan fingerprint density at radius 1 is 1.59 bits per heavy atom. The topological polar surface area (TPSA) is 96.3 Å². The van der Waals surface area contributed by atoms with Crippen molar-refractivity contribution < 1.29 is 14.7 Å². The molecular weight excluding hydrogens is 292 g/mol. The smallest absolute Gasteiger partial charge is 0.325 e. The van der Waals surface area contributed by atoms with Gasteiger partial charge in [-0.05, 0) is 0 Å². The number of nitrogens with one attached hydrogen (secondary N) is 2. The Kier molecular flexibility index (Phi) is 4.70. The molecule has 92 valence electrons. The van der Waals surface area contributed by atoms with Gasteiger partial charge in [-0.2, -0.15) is 5.10 Å². The van der Waals surface area contributed by atoms with Crippen molar-refractivity contribution in [1.82, 2.24) is 15.1 Å². The molecule has 0 radical (unpaired) electrons. The molecule has 17 heavy (non-hydrogen) atoms. The summed E-state index contributed by atoms with van der Waals surface area (Å²) in [6, 6.07) is -0.416. The van der Waals surface area contributed by atoms with E-state index >= 15 is 0 Å². The van der Waals surface area contributed by atoms with Gasteiger partial charge < -0.3 is 15.7 Å². The molecule has 0 unspecified atom stereocenters. The van der Waals surface area contributed by atoms with Crippen molar-refractivity contribution in [1.29, 1.82) is 0 Å². The maximum Gasteiger partial charge on any atom is 0.325 e. The third kappa shape index (κ3) is 5.16. The van der Waals surface area contributed by atoms with E-state index < -0.39 is 12.0 Å². The molecule has 0 saturated carbocycles. The number of carboxylic acid groups (broad SMARTS) is 1. The van der Waals surface area contributed by atoms with Gasteiger partial charge in [0.1, 0.15) is 6.54 Å². The number of aliphatic carboxylic acids is 1. The Hall–Kier alpha value is -1.83. The molecule has 7 nitrogen and oxygen atoms in total. The summed E-state index contributed by atoms with van der Waals surface area (Å²) in [5.74, 6) is -1.00. The first-order chi connectivity index (χ1) is 7.97. The molecule has 0 atom stereocenters. The average Bonchev–Trinajstić information content (AvgIpc) is 2.61. The molecule has 0 aliphatic heterocycles. The van der Waals surface area contributed by atoms with Crippen LogP contribution in [0.25, 0.3) is 0 Å². The monoisotopic (exact) mass is 302 g/mol. The Bertz CT molecular complexity index is 443. The van der Waals surface area contributed by atoms with E-state index in [2.05, 4.69) is 38.2 Å². The highest BCUT2D eigenvalue weighted by atomic mass is 79.9. The van der Waals surface area contributed by atoms with Crippen LogP contribution in [0.5, 0.6) is 0 Å². The summed E-state index contributed by atoms with van der Waals surface area (Å²) >= 11 is 3.10. The lowest BCUT2D eigenvalue weighted by molar-refractivity contribution is -0.137. The summed E-state index contributed by atoms with van der Waals surface area (Å²) in [6.45, 7) is 3.62. The van der Waals surface area contributed by atoms with Crippen molar-refractivity contribution in [2.24, 2.45) is 0 Å². The largest absolute Gasteiger partial charge is 0.480 e. The number of nitrogens with zero attached hydrogens (tertiary/aromatic N) is 2. The third-order valence-corrected chi connectivity index (χ3v) is 1.91. The van der Waals surface area contributed by atoms with Crippen LogP contribution in [-0.2, 0) is 11.3 Å². The number of amides is 2. The summed E-state index contributed by atoms with van der Waals surface area (Å²) in [4.78, 5) is 21.7. The number of rotatable bonds is 5. The van der Waals surface area contributed by atoms with Crippen LogP contribution < -0.4 is 10.6 Å². The second-order valence-corrected chi connectivity index (χ2v) is 4.27. The van der Waals surface area contributed by atoms with Crippen LogP contribution in [0, 0.1) is 0 Å². The van der Waals surface area contributed by atoms with Gasteiger partial charge in [-0.1, -0.05) is 22.5 Å². The van der Waals surface area contributed by atoms with Crippen molar-refractivity contribution in [3.63, 3.8) is 0 Å². The van der Waals surface area contributed by atoms with Gasteiger partial charge in [0.15, 0.2) is 0 Å². The number of urea groups is 1. The van der Waals surface area contributed by atoms with Crippen molar-refractivity contribution in [3.05, 3.63) is 23.5 Å². The minimum atomic E-state index is -1.00. The highest BCUT2D eigenvalue weighted by Crippen LogP contribution is 2.04. The lowest BCUT2D eigenvalue weighted by Gasteiger charge is -2.04. The number of carbonyl (C=O) groups excluding carboxylic acids is 1. The molecule has 0 spiro atoms. The molecule has 1 heterocycles. The van der Waals surface area contributed by atoms with Crippen LogP contribution in [0.15, 0.2) is 23.5 Å². The summed E-state index contributed by atoms with van der Waals surface area (Å²) in [6.07, 6.45) is 2.79. The quantitative estimate of drug-likeness (QED) is 0.756. The van der Waals surface area contributed by atoms with Gasteiger partial charge >= 0.3 is 12.0 Å². The number of halogens is 1. The zero-order chi connectivity index (χ0) is 12.8. The lowest BCUT2D eigenvalue weighted by atomic mass is 10.5. The van der Waals surface area contributed by atoms with E-state index in [0.717, 1.165) is 0 Å². The zero-order valence-electron chi connectivity index (χ0n) is 8.81. The van der Waals surface area contributed by atoms with Crippen LogP contribution in [0.1, 0.15) is 0 Å². The molecule has 0 aliphatic carbocycles. The van der Waals surface area contributed by atoms with E-state index in [0.29, 0.717) is 16.7 Å². The summed E-state index contributed by atoms with van der Waals surface area (Å²) < 4.78 is 1.86. The fourth-order valence-corrected chi connectivity index (χ4v) is 1.14. The fourth-order valence-electron chi connectivity index (χ4n) is 1.00. The maximum atomic E-state index is 11.3. The van der Waals surface area contributed by atoms with Crippen LogP contribution in [0.2, 0.25) is 0 Å². The van der Waals surface area contributed by atoms with Crippen LogP contribution in [-0.4, -0.2) is 33.4 Å². The minimum Gasteiger partial charge on any atom is -0.480 e. The molecule has 1 aromatic heterocycles. The molecule has 8 heteroatoms. The molecule has 2 amide bonds. The van der Waals surface area contributed by atoms with Gasteiger partial charge in [0, 0.05) is 10.7 Å². The fraction of sp³-hybridized carbons (Fsp3) is 0.222. The molecule has 0 aliphatic rings. The first-order valence-corrected chi connectivity index (χ1v) is 5.39. The van der Waals surface area contributed by atoms with E-state index in [1.165, 1.54) is 17.1 Å². The van der Waals surface area contributed by atoms with E-state index in [-0.39, 0.29) is 6.54 Å². The number of carbonyl (C=O) groups is 2. The van der Waals surface area contributed by atoms with Gasteiger partial charge in [-0.15, -0.1) is 0 Å². The number of aromatic nitrogens is 2. The highest BCUT2D eigenvalue weighted by molar-refractivity contribution is 9.11. The first kappa shape index (κ1) is 13.2. The predicted octanol–water partition coefficient (Wildman–Crippen LogP) is 0.998. The van der Waals surface area contributed by atoms with Crippen LogP contribution in [0.4, 0.5) is 10.5 Å². The summed E-state index contributed by atoms with van der Waals surface area (Å²) in [7, 11) is 0. The molecule has 1 rings (SSSR count). The van der Waals surface area contributed by atoms with Crippen molar-refractivity contribution in [2.75, 3.05) is 11.9 Å². The van der Waals surface area contributed by atoms with E-state index in [4.69, 9.17) is 5.11 Å². The number of hydrogen-bond acceptors (Lipinski definition) is 3. The second kappa shape index (κ2) is 6.04. The number of hydrogen-bond donors (Lipinski definition) is 3. The van der Waals surface area contributed by atoms with Gasteiger partial charge in [-0.3, -0.25) is 9.48 Å². The third-order valence-electron chi connectivity index (χ3n) is 1.63. The second-order valence-electron chi connectivity index (χ2n) is 3.15. The summed E-state index contributed by atoms with van der Waals surface area (Å²) in [5, 5.41) is 17.3. The van der Waals surface area contributed by atoms with Gasteiger partial charge in [-0.25, -0.2) is 4.79 Å². The minimum absolute atomic E-state index is 0.249. The predicted molar refractivity (Wildman–Crippen MR) is 65.0 cm³/mol. The van der Waals surface area contributed by atoms with Gasteiger partial charge in [0.2, 0.25) is 0 Å². The van der Waals surface area contributed by atoms with Crippen LogP contribution in [0.3, 0.4) is 0 Å². The lowest BCUT2D eigenvalue weighted by Crippen LogP contribution is -2.29. The molecule has 0 fully saturated rings. The highest BCUT2D eigenvalue weighted by Gasteiger charge is 2.05. The molecular formula is C9H11BrN4O3. The molecule has 0 bridgehead atoms. The Morgan fingerprint density at radius 2 is 2.29 bits per heavy atom. The van der Waals surface area contributed by atoms with Gasteiger partial charge in [0.05, 0.1) is 18.4 Å². The number of anilines is 1. The first-order valence-electron chi connectivity index (χ1n) is 4.60. The van der Waals surface area contributed by atoms with Crippen molar-refractivity contribution in [3.8, 4) is 0 Å². The van der Waals surface area contributed by atoms with Crippen LogP contribution >= 0.6 is 15.9 Å². The van der Waals surface area contributed by atoms with E-state index in [1.54, 1.807) is 0 Å². The van der Waals surface area contributed by atoms with Crippen molar-refractivity contribution in [2.45, 2.75) is 6.54 Å². The molecule has 0 saturated heterocycles. The standard InChI is InChI=1S/C9H11BrN4O3/c1-6(10)2-11-9(17)13-7-3-12-14(4-7)5-8(15)16/h3-4H,1-2,5H2,(H,15,16)(H2,11,13,17). The SMILES string of the molecule is C=C(Br)CNC(=O)Nc1cnn(CC(=O)O)c1. The Morgan fingerprint density at radius 3 is 2.88 bits per heavy atom. The Labute approximate surface area is 106 Å². The zero-order valence-corrected chi connectivity index (χ0v) is 10.4. The van der Waals surface area contributed by atoms with E-state index in [1.807, 2.05) is 0 Å². The maximum absolute atomic E-state index is 11.3. The van der Waals surface area contributed by atoms with Crippen molar-refractivity contribution >= 4 is 33.6 Å². The molecule has 3 N–H and O–H groups in total. The Balaban J connectivity index is 2.46. The van der Waals surface area contributed by atoms with E-state index in [9.17, 15) is 9.59 Å². The summed E-state index contributed by atoms with van der Waals surface area (Å²) in [5.41, 5.74) is 0.420. The molecule has 1 aromatic rings. The normalized spacial score (nSPS) is 9.71. The number of carboxylic acids is 1.